The van der Waals surface area contributed by atoms with Crippen LogP contribution < -0.4 is 14.8 Å². The van der Waals surface area contributed by atoms with Gasteiger partial charge in [-0.05, 0) is 49.3 Å². The minimum atomic E-state index is -0.0471. The number of para-hydroxylation sites is 2. The van der Waals surface area contributed by atoms with Crippen LogP contribution in [0, 0.1) is 11.8 Å². The van der Waals surface area contributed by atoms with Gasteiger partial charge in [-0.15, -0.1) is 0 Å². The normalized spacial score (nSPS) is 19.2. The van der Waals surface area contributed by atoms with Gasteiger partial charge in [0.2, 0.25) is 5.91 Å². The summed E-state index contributed by atoms with van der Waals surface area (Å²) >= 11 is 0. The van der Waals surface area contributed by atoms with Gasteiger partial charge in [0.05, 0.1) is 19.8 Å². The van der Waals surface area contributed by atoms with Crippen molar-refractivity contribution in [3.63, 3.8) is 0 Å². The summed E-state index contributed by atoms with van der Waals surface area (Å²) in [6.07, 6.45) is 1.75. The van der Waals surface area contributed by atoms with Gasteiger partial charge in [-0.2, -0.15) is 0 Å². The lowest BCUT2D eigenvalue weighted by molar-refractivity contribution is -0.123. The zero-order chi connectivity index (χ0) is 20.1. The Labute approximate surface area is 168 Å². The highest BCUT2D eigenvalue weighted by Gasteiger charge is 2.45. The maximum Gasteiger partial charge on any atom is 0.224 e. The molecule has 0 spiro atoms. The van der Waals surface area contributed by atoms with E-state index in [9.17, 15) is 4.79 Å². The van der Waals surface area contributed by atoms with E-state index in [-0.39, 0.29) is 23.8 Å². The molecule has 1 fully saturated rings. The van der Waals surface area contributed by atoms with E-state index in [2.05, 4.69) is 31.3 Å². The van der Waals surface area contributed by atoms with Crippen LogP contribution in [-0.2, 0) is 4.79 Å². The van der Waals surface area contributed by atoms with E-state index in [0.717, 1.165) is 35.5 Å². The summed E-state index contributed by atoms with van der Waals surface area (Å²) in [5.74, 6) is 2.54. The molecule has 1 aliphatic rings. The van der Waals surface area contributed by atoms with Gasteiger partial charge in [0.25, 0.3) is 0 Å². The van der Waals surface area contributed by atoms with Crippen molar-refractivity contribution < 1.29 is 14.3 Å². The van der Waals surface area contributed by atoms with Crippen molar-refractivity contribution in [3.8, 4) is 11.5 Å². The lowest BCUT2D eigenvalue weighted by atomic mass is 9.95. The Bertz CT molecular complexity index is 802. The molecule has 0 saturated heterocycles. The van der Waals surface area contributed by atoms with E-state index in [1.807, 2.05) is 43.3 Å². The Morgan fingerprint density at radius 2 is 1.79 bits per heavy atom. The van der Waals surface area contributed by atoms with E-state index in [0.29, 0.717) is 12.5 Å². The molecular weight excluding hydrogens is 350 g/mol. The molecule has 0 bridgehead atoms. The number of amides is 1. The third-order valence-electron chi connectivity index (χ3n) is 5.28. The van der Waals surface area contributed by atoms with Crippen molar-refractivity contribution in [2.24, 2.45) is 11.8 Å². The zero-order valence-electron chi connectivity index (χ0n) is 17.3. The minimum Gasteiger partial charge on any atom is -0.496 e. The molecule has 0 heterocycles. The van der Waals surface area contributed by atoms with Crippen LogP contribution in [0.4, 0.5) is 0 Å². The predicted molar refractivity (Wildman–Crippen MR) is 112 cm³/mol. The van der Waals surface area contributed by atoms with E-state index in [1.54, 1.807) is 7.11 Å². The van der Waals surface area contributed by atoms with Gasteiger partial charge >= 0.3 is 0 Å². The maximum atomic E-state index is 13.0. The highest BCUT2D eigenvalue weighted by Crippen LogP contribution is 2.50. The monoisotopic (exact) mass is 381 g/mol. The molecule has 4 heteroatoms. The third kappa shape index (κ3) is 4.67. The Kier molecular flexibility index (Phi) is 6.61. The van der Waals surface area contributed by atoms with Crippen LogP contribution in [0.2, 0.25) is 0 Å². The summed E-state index contributed by atoms with van der Waals surface area (Å²) in [6.45, 7) is 6.95. The van der Waals surface area contributed by atoms with Crippen molar-refractivity contribution in [1.29, 1.82) is 0 Å². The lowest BCUT2D eigenvalue weighted by Crippen LogP contribution is -2.31. The van der Waals surface area contributed by atoms with Gasteiger partial charge in [-0.25, -0.2) is 0 Å². The Morgan fingerprint density at radius 1 is 1.11 bits per heavy atom. The summed E-state index contributed by atoms with van der Waals surface area (Å²) < 4.78 is 11.3. The average molecular weight is 382 g/mol. The van der Waals surface area contributed by atoms with Crippen molar-refractivity contribution in [2.75, 3.05) is 13.7 Å². The molecule has 2 aromatic carbocycles. The summed E-state index contributed by atoms with van der Waals surface area (Å²) in [7, 11) is 1.68. The number of nitrogens with one attached hydrogen (secondary N) is 1. The SMILES string of the molecule is CCOc1ccccc1C(CC(C)C)NC(=O)C1CC1c1ccccc1OC. The second-order valence-electron chi connectivity index (χ2n) is 7.85. The number of benzene rings is 2. The third-order valence-corrected chi connectivity index (χ3v) is 5.28. The molecule has 3 unspecified atom stereocenters. The van der Waals surface area contributed by atoms with Gasteiger partial charge in [0, 0.05) is 11.5 Å². The molecule has 0 aromatic heterocycles. The van der Waals surface area contributed by atoms with Crippen molar-refractivity contribution >= 4 is 5.91 Å². The molecule has 4 nitrogen and oxygen atoms in total. The van der Waals surface area contributed by atoms with Gasteiger partial charge in [-0.1, -0.05) is 50.2 Å². The molecule has 1 amide bonds. The number of methoxy groups -OCH3 is 1. The number of hydrogen-bond donors (Lipinski definition) is 1. The predicted octanol–water partition coefficient (Wildman–Crippen LogP) is 5.10. The highest BCUT2D eigenvalue weighted by molar-refractivity contribution is 5.83. The van der Waals surface area contributed by atoms with Crippen LogP contribution in [0.5, 0.6) is 11.5 Å². The summed E-state index contributed by atoms with van der Waals surface area (Å²) in [4.78, 5) is 13.0. The molecule has 28 heavy (non-hydrogen) atoms. The molecule has 1 N–H and O–H groups in total. The molecule has 0 aliphatic heterocycles. The van der Waals surface area contributed by atoms with Crippen LogP contribution in [0.3, 0.4) is 0 Å². The average Bonchev–Trinajstić information content (AvgIpc) is 3.48. The van der Waals surface area contributed by atoms with Crippen LogP contribution in [-0.4, -0.2) is 19.6 Å². The molecule has 1 aliphatic carbocycles. The lowest BCUT2D eigenvalue weighted by Gasteiger charge is -2.23. The summed E-state index contributed by atoms with van der Waals surface area (Å²) in [5, 5.41) is 3.30. The highest BCUT2D eigenvalue weighted by atomic mass is 16.5. The van der Waals surface area contributed by atoms with Crippen molar-refractivity contribution in [3.05, 3.63) is 59.7 Å². The fourth-order valence-corrected chi connectivity index (χ4v) is 3.87. The minimum absolute atomic E-state index is 0.00483. The number of hydrogen-bond acceptors (Lipinski definition) is 3. The van der Waals surface area contributed by atoms with Gasteiger partial charge in [0.15, 0.2) is 0 Å². The van der Waals surface area contributed by atoms with E-state index in [1.165, 1.54) is 0 Å². The van der Waals surface area contributed by atoms with Crippen LogP contribution in [0.25, 0.3) is 0 Å². The first-order valence-corrected chi connectivity index (χ1v) is 10.2. The summed E-state index contributed by atoms with van der Waals surface area (Å²) in [5.41, 5.74) is 2.18. The van der Waals surface area contributed by atoms with E-state index in [4.69, 9.17) is 9.47 Å². The molecule has 2 aromatic rings. The second-order valence-corrected chi connectivity index (χ2v) is 7.85. The molecule has 150 valence electrons. The quantitative estimate of drug-likeness (QED) is 0.657. The molecule has 0 radical (unpaired) electrons. The fourth-order valence-electron chi connectivity index (χ4n) is 3.87. The Hall–Kier alpha value is -2.49. The smallest absolute Gasteiger partial charge is 0.224 e. The van der Waals surface area contributed by atoms with Gasteiger partial charge < -0.3 is 14.8 Å². The maximum absolute atomic E-state index is 13.0. The number of rotatable bonds is 9. The Balaban J connectivity index is 1.75. The van der Waals surface area contributed by atoms with Crippen LogP contribution in [0.1, 0.15) is 56.7 Å². The fraction of sp³-hybridized carbons (Fsp3) is 0.458. The molecule has 3 rings (SSSR count). The molecule has 3 atom stereocenters. The first-order chi connectivity index (χ1) is 13.5. The van der Waals surface area contributed by atoms with E-state index < -0.39 is 0 Å². The first-order valence-electron chi connectivity index (χ1n) is 10.2. The van der Waals surface area contributed by atoms with Gasteiger partial charge in [-0.3, -0.25) is 4.79 Å². The van der Waals surface area contributed by atoms with Crippen molar-refractivity contribution in [2.45, 2.75) is 45.6 Å². The topological polar surface area (TPSA) is 47.6 Å². The second kappa shape index (κ2) is 9.13. The van der Waals surface area contributed by atoms with Crippen LogP contribution in [0.15, 0.2) is 48.5 Å². The Morgan fingerprint density at radius 3 is 2.46 bits per heavy atom. The largest absolute Gasteiger partial charge is 0.496 e. The first kappa shape index (κ1) is 20.2. The van der Waals surface area contributed by atoms with E-state index >= 15 is 0 Å². The van der Waals surface area contributed by atoms with Crippen molar-refractivity contribution in [1.82, 2.24) is 5.32 Å². The molecule has 1 saturated carbocycles. The summed E-state index contributed by atoms with van der Waals surface area (Å²) in [6, 6.07) is 16.0. The van der Waals surface area contributed by atoms with Gasteiger partial charge in [0.1, 0.15) is 11.5 Å². The number of ether oxygens (including phenoxy) is 2. The number of carbonyl (C=O) groups excluding carboxylic acids is 1. The van der Waals surface area contributed by atoms with Crippen LogP contribution >= 0.6 is 0 Å². The zero-order valence-corrected chi connectivity index (χ0v) is 17.3. The standard InChI is InChI=1S/C24H31NO3/c1-5-28-23-13-9-7-11-18(23)21(14-16(2)3)25-24(26)20-15-19(20)17-10-6-8-12-22(17)27-4/h6-13,16,19-21H,5,14-15H2,1-4H3,(H,25,26). The molecular formula is C24H31NO3. The number of carbonyl (C=O) groups is 1.